The third-order valence-electron chi connectivity index (χ3n) is 5.10. The third kappa shape index (κ3) is 5.33. The van der Waals surface area contributed by atoms with Gasteiger partial charge in [0.15, 0.2) is 0 Å². The van der Waals surface area contributed by atoms with Crippen molar-refractivity contribution in [1.82, 2.24) is 0 Å². The molecular formula is C23H30N2O4S. The highest BCUT2D eigenvalue weighted by atomic mass is 32.2. The van der Waals surface area contributed by atoms with Crippen molar-refractivity contribution >= 4 is 27.3 Å². The minimum absolute atomic E-state index is 0.121. The predicted molar refractivity (Wildman–Crippen MR) is 121 cm³/mol. The van der Waals surface area contributed by atoms with Crippen molar-refractivity contribution in [1.29, 1.82) is 0 Å². The molecule has 0 aliphatic carbocycles. The molecule has 3 rings (SSSR count). The molecule has 0 bridgehead atoms. The fraction of sp³-hybridized carbons (Fsp3) is 0.435. The van der Waals surface area contributed by atoms with Gasteiger partial charge in [-0.25, -0.2) is 8.42 Å². The van der Waals surface area contributed by atoms with Gasteiger partial charge in [0.2, 0.25) is 10.0 Å². The molecule has 2 aromatic carbocycles. The Morgan fingerprint density at radius 1 is 1.10 bits per heavy atom. The van der Waals surface area contributed by atoms with Gasteiger partial charge in [0.1, 0.15) is 5.75 Å². The highest BCUT2D eigenvalue weighted by molar-refractivity contribution is 7.92. The lowest BCUT2D eigenvalue weighted by Crippen LogP contribution is -2.37. The van der Waals surface area contributed by atoms with Gasteiger partial charge in [-0.2, -0.15) is 0 Å². The zero-order valence-corrected chi connectivity index (χ0v) is 18.5. The van der Waals surface area contributed by atoms with Gasteiger partial charge in [-0.1, -0.05) is 26.3 Å². The number of nitrogens with zero attached hydrogens (tertiary/aromatic N) is 1. The second-order valence-corrected chi connectivity index (χ2v) is 9.53. The van der Waals surface area contributed by atoms with Crippen molar-refractivity contribution in [2.45, 2.75) is 46.0 Å². The molecule has 0 fully saturated rings. The van der Waals surface area contributed by atoms with Gasteiger partial charge in [-0.3, -0.25) is 9.10 Å². The molecule has 30 heavy (non-hydrogen) atoms. The average molecular weight is 431 g/mol. The number of anilines is 2. The maximum Gasteiger partial charge on any atom is 0.255 e. The first-order chi connectivity index (χ1) is 14.4. The summed E-state index contributed by atoms with van der Waals surface area (Å²) in [4.78, 5) is 12.7. The molecule has 0 radical (unpaired) electrons. The molecule has 0 spiro atoms. The SMILES string of the molecule is CCCCOc1ccc(C(=O)Nc2ccc3c(c2)N(S(=O)(=O)CCC)CCC3)cc1. The Kier molecular flexibility index (Phi) is 7.37. The van der Waals surface area contributed by atoms with E-state index in [-0.39, 0.29) is 11.7 Å². The number of rotatable bonds is 9. The minimum Gasteiger partial charge on any atom is -0.494 e. The van der Waals surface area contributed by atoms with E-state index >= 15 is 0 Å². The Labute approximate surface area is 179 Å². The minimum atomic E-state index is -3.35. The summed E-state index contributed by atoms with van der Waals surface area (Å²) in [5.41, 5.74) is 2.77. The Morgan fingerprint density at radius 2 is 1.87 bits per heavy atom. The number of carbonyl (C=O) groups excluding carboxylic acids is 1. The first kappa shape index (κ1) is 22.2. The number of hydrogen-bond donors (Lipinski definition) is 1. The predicted octanol–water partition coefficient (Wildman–Crippen LogP) is 4.61. The van der Waals surface area contributed by atoms with Gasteiger partial charge in [-0.05, 0) is 67.6 Å². The first-order valence-electron chi connectivity index (χ1n) is 10.6. The number of hydrogen-bond acceptors (Lipinski definition) is 4. The molecule has 1 N–H and O–H groups in total. The summed E-state index contributed by atoms with van der Waals surface area (Å²) in [5.74, 6) is 0.620. The van der Waals surface area contributed by atoms with Crippen LogP contribution in [0, 0.1) is 0 Å². The van der Waals surface area contributed by atoms with Crippen molar-refractivity contribution < 1.29 is 17.9 Å². The summed E-state index contributed by atoms with van der Waals surface area (Å²) in [6, 6.07) is 12.5. The zero-order chi connectivity index (χ0) is 21.6. The summed E-state index contributed by atoms with van der Waals surface area (Å²) < 4.78 is 32.4. The molecule has 0 atom stereocenters. The molecule has 162 valence electrons. The van der Waals surface area contributed by atoms with Crippen LogP contribution in [0.25, 0.3) is 0 Å². The van der Waals surface area contributed by atoms with E-state index in [9.17, 15) is 13.2 Å². The molecule has 1 aliphatic rings. The average Bonchev–Trinajstić information content (AvgIpc) is 2.74. The number of amides is 1. The Hall–Kier alpha value is -2.54. The Balaban J connectivity index is 1.74. The zero-order valence-electron chi connectivity index (χ0n) is 17.7. The lowest BCUT2D eigenvalue weighted by molar-refractivity contribution is 0.102. The van der Waals surface area contributed by atoms with Gasteiger partial charge >= 0.3 is 0 Å². The fourth-order valence-corrected chi connectivity index (χ4v) is 5.13. The number of unbranched alkanes of at least 4 members (excludes halogenated alkanes) is 1. The van der Waals surface area contributed by atoms with Gasteiger partial charge in [0, 0.05) is 17.8 Å². The molecule has 0 saturated carbocycles. The Bertz CT molecular complexity index is 971. The highest BCUT2D eigenvalue weighted by Gasteiger charge is 2.27. The van der Waals surface area contributed by atoms with E-state index in [0.717, 1.165) is 37.0 Å². The summed E-state index contributed by atoms with van der Waals surface area (Å²) in [6.07, 6.45) is 4.27. The lowest BCUT2D eigenvalue weighted by atomic mass is 10.0. The number of fused-ring (bicyclic) bond motifs is 1. The number of nitrogens with one attached hydrogen (secondary N) is 1. The molecule has 0 unspecified atom stereocenters. The molecule has 1 heterocycles. The van der Waals surface area contributed by atoms with Crippen LogP contribution < -0.4 is 14.4 Å². The second kappa shape index (κ2) is 9.98. The summed E-state index contributed by atoms with van der Waals surface area (Å²) >= 11 is 0. The Morgan fingerprint density at radius 3 is 2.57 bits per heavy atom. The van der Waals surface area contributed by atoms with Crippen LogP contribution in [-0.4, -0.2) is 33.2 Å². The third-order valence-corrected chi connectivity index (χ3v) is 7.08. The van der Waals surface area contributed by atoms with Crippen LogP contribution in [0.5, 0.6) is 5.75 Å². The standard InChI is InChI=1S/C23H30N2O4S/c1-3-5-15-29-21-12-9-19(10-13-21)23(26)24-20-11-8-18-7-6-14-25(22(18)17-20)30(27,28)16-4-2/h8-13,17H,3-7,14-16H2,1-2H3,(H,24,26). The van der Waals surface area contributed by atoms with Crippen molar-refractivity contribution in [3.8, 4) is 5.75 Å². The number of ether oxygens (including phenoxy) is 1. The number of carbonyl (C=O) groups is 1. The number of sulfonamides is 1. The van der Waals surface area contributed by atoms with Crippen molar-refractivity contribution in [2.24, 2.45) is 0 Å². The quantitative estimate of drug-likeness (QED) is 0.590. The molecule has 6 nitrogen and oxygen atoms in total. The summed E-state index contributed by atoms with van der Waals surface area (Å²) in [6.45, 7) is 5.11. The maximum atomic E-state index is 12.7. The number of benzene rings is 2. The molecule has 7 heteroatoms. The summed E-state index contributed by atoms with van der Waals surface area (Å²) in [5, 5.41) is 2.88. The van der Waals surface area contributed by atoms with E-state index in [4.69, 9.17) is 4.74 Å². The molecule has 1 amide bonds. The number of aryl methyl sites for hydroxylation is 1. The van der Waals surface area contributed by atoms with Crippen molar-refractivity contribution in [2.75, 3.05) is 28.5 Å². The van der Waals surface area contributed by atoms with Crippen LogP contribution in [0.1, 0.15) is 55.5 Å². The first-order valence-corrected chi connectivity index (χ1v) is 12.2. The smallest absolute Gasteiger partial charge is 0.255 e. The van der Waals surface area contributed by atoms with Crippen LogP contribution in [-0.2, 0) is 16.4 Å². The van der Waals surface area contributed by atoms with Crippen LogP contribution in [0.15, 0.2) is 42.5 Å². The molecule has 1 aliphatic heterocycles. The van der Waals surface area contributed by atoms with Gasteiger partial charge in [-0.15, -0.1) is 0 Å². The van der Waals surface area contributed by atoms with E-state index < -0.39 is 10.0 Å². The van der Waals surface area contributed by atoms with Gasteiger partial charge < -0.3 is 10.1 Å². The van der Waals surface area contributed by atoms with E-state index in [1.165, 1.54) is 4.31 Å². The van der Waals surface area contributed by atoms with Gasteiger partial charge in [0.25, 0.3) is 5.91 Å². The van der Waals surface area contributed by atoms with Gasteiger partial charge in [0.05, 0.1) is 18.0 Å². The molecule has 2 aromatic rings. The molecular weight excluding hydrogens is 400 g/mol. The molecule has 0 saturated heterocycles. The van der Waals surface area contributed by atoms with E-state index in [2.05, 4.69) is 12.2 Å². The van der Waals surface area contributed by atoms with E-state index in [1.54, 1.807) is 30.3 Å². The highest BCUT2D eigenvalue weighted by Crippen LogP contribution is 2.32. The van der Waals surface area contributed by atoms with E-state index in [1.807, 2.05) is 19.1 Å². The lowest BCUT2D eigenvalue weighted by Gasteiger charge is -2.31. The second-order valence-electron chi connectivity index (χ2n) is 7.52. The van der Waals surface area contributed by atoms with E-state index in [0.29, 0.717) is 36.5 Å². The van der Waals surface area contributed by atoms with Crippen LogP contribution in [0.2, 0.25) is 0 Å². The summed E-state index contributed by atoms with van der Waals surface area (Å²) in [7, 11) is -3.35. The van der Waals surface area contributed by atoms with Crippen molar-refractivity contribution in [3.05, 3.63) is 53.6 Å². The largest absolute Gasteiger partial charge is 0.494 e. The maximum absolute atomic E-state index is 12.7. The van der Waals surface area contributed by atoms with Crippen LogP contribution in [0.4, 0.5) is 11.4 Å². The van der Waals surface area contributed by atoms with Crippen LogP contribution >= 0.6 is 0 Å². The topological polar surface area (TPSA) is 75.7 Å². The monoisotopic (exact) mass is 430 g/mol. The van der Waals surface area contributed by atoms with Crippen LogP contribution in [0.3, 0.4) is 0 Å². The van der Waals surface area contributed by atoms with Crippen molar-refractivity contribution in [3.63, 3.8) is 0 Å². The normalized spacial score (nSPS) is 13.6. The molecule has 0 aromatic heterocycles. The fourth-order valence-electron chi connectivity index (χ4n) is 3.52.